The molecule has 0 radical (unpaired) electrons. The molecule has 0 fully saturated rings. The minimum Gasteiger partial charge on any atom is -0.423 e. The van der Waals surface area contributed by atoms with Crippen molar-refractivity contribution in [1.82, 2.24) is 9.55 Å². The van der Waals surface area contributed by atoms with E-state index in [1.807, 2.05) is 25.1 Å². The molecule has 1 aliphatic heterocycles. The van der Waals surface area contributed by atoms with Crippen molar-refractivity contribution in [2.24, 2.45) is 5.73 Å². The number of primary amides is 1. The fourth-order valence-electron chi connectivity index (χ4n) is 3.43. The normalized spacial score (nSPS) is 15.9. The first-order valence-electron chi connectivity index (χ1n) is 7.74. The molecule has 6 nitrogen and oxygen atoms in total. The number of hydrogen-bond donors (Lipinski definition) is 3. The van der Waals surface area contributed by atoms with Crippen LogP contribution >= 0.6 is 0 Å². The van der Waals surface area contributed by atoms with E-state index in [0.29, 0.717) is 17.6 Å². The van der Waals surface area contributed by atoms with Crippen molar-refractivity contribution in [3.8, 4) is 0 Å². The molecule has 1 aliphatic rings. The van der Waals surface area contributed by atoms with Crippen LogP contribution < -0.4 is 11.2 Å². The number of benzene rings is 2. The maximum absolute atomic E-state index is 11.4. The highest BCUT2D eigenvalue weighted by Gasteiger charge is 2.27. The summed E-state index contributed by atoms with van der Waals surface area (Å²) in [4.78, 5) is 16.1. The Morgan fingerprint density at radius 1 is 1.29 bits per heavy atom. The Bertz CT molecular complexity index is 981. The Hall–Kier alpha value is -2.64. The van der Waals surface area contributed by atoms with Gasteiger partial charge in [0.2, 0.25) is 5.91 Å². The van der Waals surface area contributed by atoms with Gasteiger partial charge in [-0.25, -0.2) is 4.98 Å². The van der Waals surface area contributed by atoms with Crippen molar-refractivity contribution in [2.45, 2.75) is 19.4 Å². The SMILES string of the molecule is CC1c2cc(B(O)O)ccc2Cn2c1nc1cc(C(N)=O)ccc12. The molecular formula is C17H16BN3O3. The van der Waals surface area contributed by atoms with Crippen LogP contribution in [0.4, 0.5) is 0 Å². The van der Waals surface area contributed by atoms with Gasteiger partial charge in [-0.15, -0.1) is 0 Å². The minimum absolute atomic E-state index is 0.0110. The van der Waals surface area contributed by atoms with Crippen LogP contribution in [0.3, 0.4) is 0 Å². The van der Waals surface area contributed by atoms with Crippen LogP contribution in [0.5, 0.6) is 0 Å². The molecule has 1 aromatic heterocycles. The van der Waals surface area contributed by atoms with Crippen LogP contribution in [0.1, 0.15) is 40.2 Å². The molecule has 1 unspecified atom stereocenters. The number of imidazole rings is 1. The second kappa shape index (κ2) is 5.19. The molecule has 1 amide bonds. The molecule has 120 valence electrons. The van der Waals surface area contributed by atoms with E-state index < -0.39 is 13.0 Å². The summed E-state index contributed by atoms with van der Waals surface area (Å²) in [7, 11) is -1.48. The number of hydrogen-bond acceptors (Lipinski definition) is 4. The van der Waals surface area contributed by atoms with Gasteiger partial charge in [-0.1, -0.05) is 25.1 Å². The van der Waals surface area contributed by atoms with Crippen molar-refractivity contribution < 1.29 is 14.8 Å². The molecule has 7 heteroatoms. The molecule has 2 aromatic carbocycles. The zero-order valence-electron chi connectivity index (χ0n) is 13.1. The van der Waals surface area contributed by atoms with Crippen molar-refractivity contribution in [1.29, 1.82) is 0 Å². The van der Waals surface area contributed by atoms with Gasteiger partial charge in [-0.2, -0.15) is 0 Å². The third-order valence-electron chi connectivity index (χ3n) is 4.71. The van der Waals surface area contributed by atoms with E-state index in [-0.39, 0.29) is 5.92 Å². The topological polar surface area (TPSA) is 101 Å². The van der Waals surface area contributed by atoms with E-state index in [1.165, 1.54) is 0 Å². The molecule has 24 heavy (non-hydrogen) atoms. The predicted octanol–water partition coefficient (Wildman–Crippen LogP) is 0.328. The van der Waals surface area contributed by atoms with Crippen LogP contribution in [-0.4, -0.2) is 32.6 Å². The summed E-state index contributed by atoms with van der Waals surface area (Å²) in [5.41, 5.74) is 10.1. The van der Waals surface area contributed by atoms with E-state index in [0.717, 1.165) is 28.0 Å². The number of rotatable bonds is 2. The van der Waals surface area contributed by atoms with Gasteiger partial charge >= 0.3 is 7.12 Å². The fourth-order valence-corrected chi connectivity index (χ4v) is 3.43. The number of nitrogens with zero attached hydrogens (tertiary/aromatic N) is 2. The van der Waals surface area contributed by atoms with E-state index in [1.54, 1.807) is 18.2 Å². The third-order valence-corrected chi connectivity index (χ3v) is 4.71. The maximum atomic E-state index is 11.4. The first kappa shape index (κ1) is 14.9. The second-order valence-corrected chi connectivity index (χ2v) is 6.18. The fraction of sp³-hybridized carbons (Fsp3) is 0.176. The molecule has 1 atom stereocenters. The summed E-state index contributed by atoms with van der Waals surface area (Å²) in [5, 5.41) is 18.8. The maximum Gasteiger partial charge on any atom is 0.488 e. The molecule has 3 aromatic rings. The molecule has 0 bridgehead atoms. The molecule has 2 heterocycles. The van der Waals surface area contributed by atoms with Gasteiger partial charge in [0.25, 0.3) is 0 Å². The Balaban J connectivity index is 1.87. The van der Waals surface area contributed by atoms with Gasteiger partial charge in [0.1, 0.15) is 5.82 Å². The van der Waals surface area contributed by atoms with Gasteiger partial charge in [-0.3, -0.25) is 4.79 Å². The average Bonchev–Trinajstić information content (AvgIpc) is 2.92. The summed E-state index contributed by atoms with van der Waals surface area (Å²) in [6, 6.07) is 10.8. The van der Waals surface area contributed by atoms with Crippen LogP contribution in [-0.2, 0) is 6.54 Å². The third kappa shape index (κ3) is 2.13. The van der Waals surface area contributed by atoms with Crippen molar-refractivity contribution >= 4 is 29.5 Å². The van der Waals surface area contributed by atoms with Crippen molar-refractivity contribution in [3.05, 3.63) is 58.9 Å². The highest BCUT2D eigenvalue weighted by molar-refractivity contribution is 6.58. The van der Waals surface area contributed by atoms with E-state index in [4.69, 9.17) is 5.73 Å². The lowest BCUT2D eigenvalue weighted by Crippen LogP contribution is -2.31. The Morgan fingerprint density at radius 2 is 2.08 bits per heavy atom. The molecule has 4 rings (SSSR count). The molecular weight excluding hydrogens is 305 g/mol. The van der Waals surface area contributed by atoms with Crippen LogP contribution in [0, 0.1) is 0 Å². The number of nitrogens with two attached hydrogens (primary N) is 1. The Kier molecular flexibility index (Phi) is 3.23. The summed E-state index contributed by atoms with van der Waals surface area (Å²) in [5.74, 6) is 0.432. The summed E-state index contributed by atoms with van der Waals surface area (Å²) in [6.07, 6.45) is 0. The van der Waals surface area contributed by atoms with Gasteiger partial charge in [0.05, 0.1) is 11.0 Å². The molecule has 0 saturated carbocycles. The second-order valence-electron chi connectivity index (χ2n) is 6.18. The molecule has 0 saturated heterocycles. The van der Waals surface area contributed by atoms with Crippen LogP contribution in [0.25, 0.3) is 11.0 Å². The quantitative estimate of drug-likeness (QED) is 0.592. The average molecular weight is 321 g/mol. The molecule has 4 N–H and O–H groups in total. The zero-order valence-corrected chi connectivity index (χ0v) is 13.1. The van der Waals surface area contributed by atoms with E-state index >= 15 is 0 Å². The monoisotopic (exact) mass is 321 g/mol. The number of carbonyl (C=O) groups excluding carboxylic acids is 1. The van der Waals surface area contributed by atoms with Gasteiger partial charge < -0.3 is 20.3 Å². The lowest BCUT2D eigenvalue weighted by Gasteiger charge is -2.25. The first-order chi connectivity index (χ1) is 11.5. The van der Waals surface area contributed by atoms with E-state index in [2.05, 4.69) is 9.55 Å². The van der Waals surface area contributed by atoms with Crippen molar-refractivity contribution in [2.75, 3.05) is 0 Å². The van der Waals surface area contributed by atoms with E-state index in [9.17, 15) is 14.8 Å². The summed E-state index contributed by atoms with van der Waals surface area (Å²) in [6.45, 7) is 2.70. The Morgan fingerprint density at radius 3 is 2.79 bits per heavy atom. The van der Waals surface area contributed by atoms with Gasteiger partial charge in [0.15, 0.2) is 0 Å². The largest absolute Gasteiger partial charge is 0.488 e. The molecule has 0 aliphatic carbocycles. The Labute approximate surface area is 138 Å². The summed E-state index contributed by atoms with van der Waals surface area (Å²) >= 11 is 0. The summed E-state index contributed by atoms with van der Waals surface area (Å²) < 4.78 is 2.13. The standard InChI is InChI=1S/C17H16BN3O3/c1-9-13-7-12(18(23)24)4-2-11(13)8-21-15-5-3-10(16(19)22)6-14(15)20-17(9)21/h2-7,9,23-24H,8H2,1H3,(H2,19,22). The lowest BCUT2D eigenvalue weighted by molar-refractivity contribution is 0.100. The van der Waals surface area contributed by atoms with Gasteiger partial charge in [-0.05, 0) is 34.8 Å². The zero-order chi connectivity index (χ0) is 17.0. The number of amides is 1. The van der Waals surface area contributed by atoms with Crippen molar-refractivity contribution in [3.63, 3.8) is 0 Å². The highest BCUT2D eigenvalue weighted by atomic mass is 16.4. The first-order valence-corrected chi connectivity index (χ1v) is 7.74. The predicted molar refractivity (Wildman–Crippen MR) is 91.1 cm³/mol. The lowest BCUT2D eigenvalue weighted by atomic mass is 9.77. The number of carbonyl (C=O) groups is 1. The smallest absolute Gasteiger partial charge is 0.423 e. The van der Waals surface area contributed by atoms with Crippen LogP contribution in [0.15, 0.2) is 36.4 Å². The number of fused-ring (bicyclic) bond motifs is 4. The highest BCUT2D eigenvalue weighted by Crippen LogP contribution is 2.34. The van der Waals surface area contributed by atoms with Gasteiger partial charge in [0, 0.05) is 18.0 Å². The number of aromatic nitrogens is 2. The molecule has 0 spiro atoms. The minimum atomic E-state index is -1.48. The van der Waals surface area contributed by atoms with Crippen LogP contribution in [0.2, 0.25) is 0 Å².